The average Bonchev–Trinajstić information content (AvgIpc) is 2.90. The number of phenols is 2. The maximum atomic E-state index is 9.81. The third-order valence-electron chi connectivity index (χ3n) is 3.60. The Kier molecular flexibility index (Phi) is 3.10. The third kappa shape index (κ3) is 2.12. The molecule has 1 aromatic carbocycles. The molecule has 1 unspecified atom stereocenters. The number of rotatable bonds is 2. The first-order chi connectivity index (χ1) is 9.60. The van der Waals surface area contributed by atoms with Crippen LogP contribution in [0, 0.1) is 0 Å². The summed E-state index contributed by atoms with van der Waals surface area (Å²) in [4.78, 5) is 4.27. The van der Waals surface area contributed by atoms with Crippen LogP contribution in [0.3, 0.4) is 0 Å². The number of phenolic OH excluding ortho intramolecular Hbond substituents is 2. The van der Waals surface area contributed by atoms with Gasteiger partial charge < -0.3 is 19.5 Å². The molecule has 1 aliphatic rings. The molecule has 2 heterocycles. The molecule has 0 saturated carbocycles. The Bertz CT molecular complexity index is 597. The van der Waals surface area contributed by atoms with Gasteiger partial charge in [0.1, 0.15) is 22.7 Å². The fourth-order valence-corrected chi connectivity index (χ4v) is 2.40. The van der Waals surface area contributed by atoms with Crippen molar-refractivity contribution in [2.24, 2.45) is 0 Å². The predicted octanol–water partition coefficient (Wildman–Crippen LogP) is 2.56. The van der Waals surface area contributed by atoms with Crippen LogP contribution in [0.15, 0.2) is 22.7 Å². The molecule has 1 aromatic heterocycles. The van der Waals surface area contributed by atoms with E-state index < -0.39 is 5.60 Å². The number of benzene rings is 1. The van der Waals surface area contributed by atoms with E-state index in [1.807, 2.05) is 6.92 Å². The van der Waals surface area contributed by atoms with Crippen LogP contribution in [0.5, 0.6) is 11.5 Å². The van der Waals surface area contributed by atoms with E-state index in [0.29, 0.717) is 12.4 Å². The maximum absolute atomic E-state index is 9.81. The van der Waals surface area contributed by atoms with Crippen LogP contribution in [0.1, 0.15) is 32.0 Å². The normalized spacial score (nSPS) is 22.9. The summed E-state index contributed by atoms with van der Waals surface area (Å²) >= 11 is 0. The molecule has 106 valence electrons. The van der Waals surface area contributed by atoms with Crippen LogP contribution in [-0.4, -0.2) is 27.0 Å². The molecule has 0 aliphatic carbocycles. The summed E-state index contributed by atoms with van der Waals surface area (Å²) in [6.07, 6.45) is 2.89. The van der Waals surface area contributed by atoms with Gasteiger partial charge in [-0.1, -0.05) is 11.2 Å². The van der Waals surface area contributed by atoms with Crippen molar-refractivity contribution in [3.63, 3.8) is 0 Å². The highest BCUT2D eigenvalue weighted by Crippen LogP contribution is 2.38. The first-order valence-corrected chi connectivity index (χ1v) is 6.60. The van der Waals surface area contributed by atoms with Gasteiger partial charge in [0.25, 0.3) is 5.89 Å². The largest absolute Gasteiger partial charge is 0.507 e. The number of hydrogen-bond acceptors (Lipinski definition) is 6. The van der Waals surface area contributed by atoms with Gasteiger partial charge in [-0.25, -0.2) is 0 Å². The Labute approximate surface area is 116 Å². The van der Waals surface area contributed by atoms with Crippen LogP contribution >= 0.6 is 0 Å². The summed E-state index contributed by atoms with van der Waals surface area (Å²) < 4.78 is 10.9. The molecule has 0 radical (unpaired) electrons. The van der Waals surface area contributed by atoms with Gasteiger partial charge in [-0.3, -0.25) is 0 Å². The van der Waals surface area contributed by atoms with E-state index in [1.54, 1.807) is 0 Å². The molecule has 0 amide bonds. The summed E-state index contributed by atoms with van der Waals surface area (Å²) in [6, 6.07) is 4.45. The van der Waals surface area contributed by atoms with Crippen molar-refractivity contribution in [1.29, 1.82) is 0 Å². The van der Waals surface area contributed by atoms with E-state index in [4.69, 9.17) is 9.26 Å². The molecule has 1 saturated heterocycles. The van der Waals surface area contributed by atoms with Gasteiger partial charge in [-0.05, 0) is 38.3 Å². The molecular weight excluding hydrogens is 260 g/mol. The standard InChI is InChI=1S/C14H16N2O4/c1-14(7-2-3-8-19-14)13-15-12(20-16-13)11-9(17)5-4-6-10(11)18/h4-6,17-18H,2-3,7-8H2,1H3. The van der Waals surface area contributed by atoms with Gasteiger partial charge in [0.05, 0.1) is 0 Å². The van der Waals surface area contributed by atoms with Crippen molar-refractivity contribution in [2.45, 2.75) is 31.8 Å². The number of nitrogens with zero attached hydrogens (tertiary/aromatic N) is 2. The Morgan fingerprint density at radius 1 is 1.20 bits per heavy atom. The molecule has 2 N–H and O–H groups in total. The highest BCUT2D eigenvalue weighted by molar-refractivity contribution is 5.69. The zero-order valence-corrected chi connectivity index (χ0v) is 11.2. The van der Waals surface area contributed by atoms with Crippen LogP contribution in [0.25, 0.3) is 11.5 Å². The smallest absolute Gasteiger partial charge is 0.265 e. The topological polar surface area (TPSA) is 88.6 Å². The fraction of sp³-hybridized carbons (Fsp3) is 0.429. The van der Waals surface area contributed by atoms with Gasteiger partial charge in [0, 0.05) is 6.61 Å². The summed E-state index contributed by atoms with van der Waals surface area (Å²) in [6.45, 7) is 2.59. The van der Waals surface area contributed by atoms with Gasteiger partial charge >= 0.3 is 0 Å². The summed E-state index contributed by atoms with van der Waals surface area (Å²) in [5.41, 5.74) is -0.425. The molecule has 0 spiro atoms. The Balaban J connectivity index is 1.98. The number of aromatic hydroxyl groups is 2. The first-order valence-electron chi connectivity index (χ1n) is 6.60. The van der Waals surface area contributed by atoms with Crippen LogP contribution in [0.4, 0.5) is 0 Å². The van der Waals surface area contributed by atoms with E-state index in [1.165, 1.54) is 18.2 Å². The lowest BCUT2D eigenvalue weighted by Gasteiger charge is -2.30. The Morgan fingerprint density at radius 3 is 2.60 bits per heavy atom. The lowest BCUT2D eigenvalue weighted by atomic mass is 9.95. The minimum absolute atomic E-state index is 0.0889. The van der Waals surface area contributed by atoms with Crippen LogP contribution in [-0.2, 0) is 10.3 Å². The van der Waals surface area contributed by atoms with Crippen molar-refractivity contribution in [3.05, 3.63) is 24.0 Å². The van der Waals surface area contributed by atoms with E-state index in [-0.39, 0.29) is 23.0 Å². The molecule has 1 atom stereocenters. The second-order valence-electron chi connectivity index (χ2n) is 5.13. The number of aromatic nitrogens is 2. The van der Waals surface area contributed by atoms with Crippen molar-refractivity contribution >= 4 is 0 Å². The number of ether oxygens (including phenoxy) is 1. The summed E-state index contributed by atoms with van der Waals surface area (Å²) in [7, 11) is 0. The molecule has 2 aromatic rings. The molecule has 3 rings (SSSR count). The quantitative estimate of drug-likeness (QED) is 0.876. The van der Waals surface area contributed by atoms with Gasteiger partial charge in [0.15, 0.2) is 0 Å². The van der Waals surface area contributed by atoms with Crippen molar-refractivity contribution in [1.82, 2.24) is 10.1 Å². The minimum atomic E-state index is -0.569. The Hall–Kier alpha value is -2.08. The van der Waals surface area contributed by atoms with E-state index >= 15 is 0 Å². The average molecular weight is 276 g/mol. The SMILES string of the molecule is CC1(c2noc(-c3c(O)cccc3O)n2)CCCCO1. The second kappa shape index (κ2) is 4.79. The summed E-state index contributed by atoms with van der Waals surface area (Å²) in [5.74, 6) is 0.325. The molecule has 20 heavy (non-hydrogen) atoms. The zero-order chi connectivity index (χ0) is 14.2. The minimum Gasteiger partial charge on any atom is -0.507 e. The Morgan fingerprint density at radius 2 is 1.95 bits per heavy atom. The molecule has 0 bridgehead atoms. The first kappa shape index (κ1) is 12.9. The molecular formula is C14H16N2O4. The molecule has 1 fully saturated rings. The lowest BCUT2D eigenvalue weighted by Crippen LogP contribution is -2.31. The van der Waals surface area contributed by atoms with Gasteiger partial charge in [-0.2, -0.15) is 4.98 Å². The molecule has 1 aliphatic heterocycles. The van der Waals surface area contributed by atoms with Gasteiger partial charge in [-0.15, -0.1) is 0 Å². The van der Waals surface area contributed by atoms with E-state index in [9.17, 15) is 10.2 Å². The lowest BCUT2D eigenvalue weighted by molar-refractivity contribution is -0.0770. The van der Waals surface area contributed by atoms with Crippen molar-refractivity contribution in [3.8, 4) is 23.0 Å². The maximum Gasteiger partial charge on any atom is 0.265 e. The van der Waals surface area contributed by atoms with Crippen molar-refractivity contribution in [2.75, 3.05) is 6.61 Å². The highest BCUT2D eigenvalue weighted by atomic mass is 16.5. The van der Waals surface area contributed by atoms with Crippen LogP contribution < -0.4 is 0 Å². The highest BCUT2D eigenvalue weighted by Gasteiger charge is 2.35. The summed E-state index contributed by atoms with van der Waals surface area (Å²) in [5, 5.41) is 23.6. The zero-order valence-electron chi connectivity index (χ0n) is 11.2. The molecule has 6 heteroatoms. The van der Waals surface area contributed by atoms with E-state index in [0.717, 1.165) is 19.3 Å². The van der Waals surface area contributed by atoms with Gasteiger partial charge in [0.2, 0.25) is 5.82 Å². The fourth-order valence-electron chi connectivity index (χ4n) is 2.40. The third-order valence-corrected chi connectivity index (χ3v) is 3.60. The molecule has 6 nitrogen and oxygen atoms in total. The van der Waals surface area contributed by atoms with Crippen molar-refractivity contribution < 1.29 is 19.5 Å². The predicted molar refractivity (Wildman–Crippen MR) is 70.2 cm³/mol. The van der Waals surface area contributed by atoms with Crippen LogP contribution in [0.2, 0.25) is 0 Å². The number of hydrogen-bond donors (Lipinski definition) is 2. The van der Waals surface area contributed by atoms with E-state index in [2.05, 4.69) is 10.1 Å². The second-order valence-corrected chi connectivity index (χ2v) is 5.13. The monoisotopic (exact) mass is 276 g/mol.